The number of aromatic nitrogens is 1. The van der Waals surface area contributed by atoms with Crippen molar-refractivity contribution in [3.63, 3.8) is 0 Å². The molecule has 1 aliphatic heterocycles. The maximum Gasteiger partial charge on any atom is 0.325 e. The van der Waals surface area contributed by atoms with E-state index < -0.39 is 11.6 Å². The average Bonchev–Trinajstić information content (AvgIpc) is 3.28. The van der Waals surface area contributed by atoms with Gasteiger partial charge in [-0.3, -0.25) is 9.69 Å². The number of nitrogens with one attached hydrogen (secondary N) is 1. The number of rotatable bonds is 6. The van der Waals surface area contributed by atoms with E-state index in [4.69, 9.17) is 4.42 Å². The Morgan fingerprint density at radius 2 is 1.87 bits per heavy atom. The summed E-state index contributed by atoms with van der Waals surface area (Å²) in [6, 6.07) is 15.0. The van der Waals surface area contributed by atoms with Crippen LogP contribution in [-0.2, 0) is 16.9 Å². The Morgan fingerprint density at radius 3 is 2.57 bits per heavy atom. The minimum atomic E-state index is -1.03. The van der Waals surface area contributed by atoms with Gasteiger partial charge in [-0.2, -0.15) is 0 Å². The average molecular weight is 403 g/mol. The molecule has 154 valence electrons. The monoisotopic (exact) mass is 403 g/mol. The maximum absolute atomic E-state index is 13.4. The molecular weight excluding hydrogens is 378 g/mol. The molecule has 1 unspecified atom stereocenters. The fourth-order valence-electron chi connectivity index (χ4n) is 4.10. The van der Waals surface area contributed by atoms with E-state index in [1.807, 2.05) is 63.2 Å². The summed E-state index contributed by atoms with van der Waals surface area (Å²) in [6.45, 7) is 6.10. The lowest BCUT2D eigenvalue weighted by Crippen LogP contribution is -2.43. The van der Waals surface area contributed by atoms with Gasteiger partial charge in [-0.05, 0) is 37.5 Å². The van der Waals surface area contributed by atoms with Gasteiger partial charge in [0.1, 0.15) is 11.8 Å². The molecule has 0 aliphatic carbocycles. The van der Waals surface area contributed by atoms with Gasteiger partial charge in [0, 0.05) is 5.56 Å². The Kier molecular flexibility index (Phi) is 5.16. The van der Waals surface area contributed by atoms with Crippen LogP contribution in [0.3, 0.4) is 0 Å². The zero-order chi connectivity index (χ0) is 21.3. The number of oxazole rings is 1. The number of aryl methyl sites for hydroxylation is 2. The molecule has 0 radical (unpaired) electrons. The van der Waals surface area contributed by atoms with Crippen LogP contribution in [0.25, 0.3) is 11.5 Å². The maximum atomic E-state index is 13.4. The van der Waals surface area contributed by atoms with Crippen LogP contribution in [0.4, 0.5) is 4.79 Å². The summed E-state index contributed by atoms with van der Waals surface area (Å²) in [5.41, 5.74) is 3.42. The quantitative estimate of drug-likeness (QED) is 0.605. The van der Waals surface area contributed by atoms with E-state index in [0.717, 1.165) is 28.7 Å². The molecule has 2 aromatic carbocycles. The highest BCUT2D eigenvalue weighted by molar-refractivity contribution is 6.07. The van der Waals surface area contributed by atoms with Crippen molar-refractivity contribution in [1.29, 1.82) is 0 Å². The predicted molar refractivity (Wildman–Crippen MR) is 114 cm³/mol. The van der Waals surface area contributed by atoms with Crippen molar-refractivity contribution in [2.24, 2.45) is 0 Å². The molecule has 0 saturated carbocycles. The molecule has 2 heterocycles. The highest BCUT2D eigenvalue weighted by atomic mass is 16.3. The summed E-state index contributed by atoms with van der Waals surface area (Å²) >= 11 is 0. The number of benzene rings is 2. The van der Waals surface area contributed by atoms with E-state index in [1.54, 1.807) is 0 Å². The minimum Gasteiger partial charge on any atom is -0.444 e. The molecule has 30 heavy (non-hydrogen) atoms. The van der Waals surface area contributed by atoms with Crippen molar-refractivity contribution >= 4 is 11.9 Å². The molecule has 6 heteroatoms. The number of amides is 3. The molecule has 1 fully saturated rings. The van der Waals surface area contributed by atoms with Crippen LogP contribution in [0.5, 0.6) is 0 Å². The zero-order valence-corrected chi connectivity index (χ0v) is 17.4. The molecule has 1 atom stereocenters. The number of nitrogens with zero attached hydrogens (tertiary/aromatic N) is 2. The summed E-state index contributed by atoms with van der Waals surface area (Å²) < 4.78 is 5.66. The number of urea groups is 1. The van der Waals surface area contributed by atoms with Crippen molar-refractivity contribution < 1.29 is 14.0 Å². The lowest BCUT2D eigenvalue weighted by Gasteiger charge is -2.26. The van der Waals surface area contributed by atoms with E-state index >= 15 is 0 Å². The molecule has 3 aromatic rings. The highest BCUT2D eigenvalue weighted by Gasteiger charge is 2.51. The van der Waals surface area contributed by atoms with Crippen molar-refractivity contribution in [3.05, 3.63) is 77.2 Å². The Balaban J connectivity index is 1.60. The molecule has 6 nitrogen and oxygen atoms in total. The van der Waals surface area contributed by atoms with Crippen molar-refractivity contribution in [3.8, 4) is 11.5 Å². The van der Waals surface area contributed by atoms with Gasteiger partial charge >= 0.3 is 6.03 Å². The van der Waals surface area contributed by atoms with Crippen LogP contribution >= 0.6 is 0 Å². The topological polar surface area (TPSA) is 75.4 Å². The smallest absolute Gasteiger partial charge is 0.325 e. The molecule has 1 saturated heterocycles. The van der Waals surface area contributed by atoms with Crippen LogP contribution in [0, 0.1) is 13.8 Å². The fourth-order valence-corrected chi connectivity index (χ4v) is 4.10. The second-order valence-electron chi connectivity index (χ2n) is 7.81. The summed E-state index contributed by atoms with van der Waals surface area (Å²) in [4.78, 5) is 31.9. The van der Waals surface area contributed by atoms with Crippen molar-refractivity contribution in [2.45, 2.75) is 45.7 Å². The Labute approximate surface area is 175 Å². The van der Waals surface area contributed by atoms with Crippen LogP contribution < -0.4 is 5.32 Å². The third kappa shape index (κ3) is 3.38. The van der Waals surface area contributed by atoms with Gasteiger partial charge in [0.25, 0.3) is 5.91 Å². The normalized spacial score (nSPS) is 18.7. The zero-order valence-electron chi connectivity index (χ0n) is 17.4. The second kappa shape index (κ2) is 7.78. The van der Waals surface area contributed by atoms with E-state index in [-0.39, 0.29) is 12.5 Å². The molecule has 1 aromatic heterocycles. The first-order valence-corrected chi connectivity index (χ1v) is 10.2. The van der Waals surface area contributed by atoms with Gasteiger partial charge in [0.05, 0.1) is 12.2 Å². The number of hydrogen-bond acceptors (Lipinski definition) is 4. The van der Waals surface area contributed by atoms with E-state index in [0.29, 0.717) is 18.0 Å². The highest BCUT2D eigenvalue weighted by Crippen LogP contribution is 2.34. The van der Waals surface area contributed by atoms with E-state index in [1.165, 1.54) is 11.2 Å². The summed E-state index contributed by atoms with van der Waals surface area (Å²) in [7, 11) is 0. The fraction of sp³-hybridized carbons (Fsp3) is 0.292. The van der Waals surface area contributed by atoms with Gasteiger partial charge in [-0.1, -0.05) is 61.4 Å². The first kappa shape index (κ1) is 19.9. The molecule has 3 amide bonds. The standard InChI is InChI=1S/C24H25N3O3/c1-4-12-24(18-8-6-5-7-9-18)22(28)27(23(29)26-24)14-19-15-30-21(25-19)20-11-10-16(2)13-17(20)3/h5-11,13,15H,4,12,14H2,1-3H3,(H,26,29). The summed E-state index contributed by atoms with van der Waals surface area (Å²) in [5, 5.41) is 2.94. The SMILES string of the molecule is CCCC1(c2ccccc2)NC(=O)N(Cc2coc(-c3ccc(C)cc3C)n2)C1=O. The molecule has 4 rings (SSSR count). The first-order chi connectivity index (χ1) is 14.4. The number of hydrogen-bond donors (Lipinski definition) is 1. The number of carbonyl (C=O) groups excluding carboxylic acids is 2. The predicted octanol–water partition coefficient (Wildman–Crippen LogP) is 4.71. The van der Waals surface area contributed by atoms with Crippen LogP contribution in [0.15, 0.2) is 59.2 Å². The second-order valence-corrected chi connectivity index (χ2v) is 7.81. The van der Waals surface area contributed by atoms with Crippen LogP contribution in [-0.4, -0.2) is 21.8 Å². The Morgan fingerprint density at radius 1 is 1.10 bits per heavy atom. The third-order valence-corrected chi connectivity index (χ3v) is 5.55. The molecule has 0 spiro atoms. The van der Waals surface area contributed by atoms with Crippen molar-refractivity contribution in [1.82, 2.24) is 15.2 Å². The van der Waals surface area contributed by atoms with E-state index in [2.05, 4.69) is 16.4 Å². The van der Waals surface area contributed by atoms with Crippen molar-refractivity contribution in [2.75, 3.05) is 0 Å². The van der Waals surface area contributed by atoms with Gasteiger partial charge in [0.15, 0.2) is 0 Å². The lowest BCUT2D eigenvalue weighted by atomic mass is 9.85. The minimum absolute atomic E-state index is 0.0668. The molecular formula is C24H25N3O3. The lowest BCUT2D eigenvalue weighted by molar-refractivity contribution is -0.132. The van der Waals surface area contributed by atoms with Gasteiger partial charge in [0.2, 0.25) is 5.89 Å². The molecule has 0 bridgehead atoms. The summed E-state index contributed by atoms with van der Waals surface area (Å²) in [5.74, 6) is 0.231. The number of imide groups is 1. The van der Waals surface area contributed by atoms with Crippen LogP contribution in [0.1, 0.15) is 42.1 Å². The summed E-state index contributed by atoms with van der Waals surface area (Å²) in [6.07, 6.45) is 2.80. The van der Waals surface area contributed by atoms with Gasteiger partial charge in [-0.25, -0.2) is 9.78 Å². The third-order valence-electron chi connectivity index (χ3n) is 5.55. The van der Waals surface area contributed by atoms with Gasteiger partial charge in [-0.15, -0.1) is 0 Å². The first-order valence-electron chi connectivity index (χ1n) is 10.2. The molecule has 1 aliphatic rings. The Bertz CT molecular complexity index is 1090. The largest absolute Gasteiger partial charge is 0.444 e. The number of carbonyl (C=O) groups is 2. The van der Waals surface area contributed by atoms with Crippen LogP contribution in [0.2, 0.25) is 0 Å². The Hall–Kier alpha value is -3.41. The van der Waals surface area contributed by atoms with E-state index in [9.17, 15) is 9.59 Å². The van der Waals surface area contributed by atoms with Gasteiger partial charge < -0.3 is 9.73 Å². The molecule has 1 N–H and O–H groups in total.